The van der Waals surface area contributed by atoms with Crippen LogP contribution >= 0.6 is 23.5 Å². The van der Waals surface area contributed by atoms with Crippen molar-refractivity contribution in [3.8, 4) is 46.6 Å². The molecule has 1 saturated heterocycles. The van der Waals surface area contributed by atoms with Gasteiger partial charge in [0.15, 0.2) is 33.3 Å². The number of aliphatic imine (C=N–C) groups is 2. The second-order valence-corrected chi connectivity index (χ2v) is 16.8. The highest BCUT2D eigenvalue weighted by atomic mass is 32.2. The molecule has 0 bridgehead atoms. The Morgan fingerprint density at radius 3 is 1.68 bits per heavy atom. The van der Waals surface area contributed by atoms with E-state index in [9.17, 15) is 45.8 Å². The maximum Gasteiger partial charge on any atom is 0.420 e. The zero-order valence-electron chi connectivity index (χ0n) is 36.6. The predicted molar refractivity (Wildman–Crippen MR) is 243 cm³/mol. The number of thioether (sulfide) groups is 2. The summed E-state index contributed by atoms with van der Waals surface area (Å²) in [6.07, 6.45) is -6.90. The van der Waals surface area contributed by atoms with Gasteiger partial charge in [0.05, 0.1) is 71.1 Å². The molecule has 3 aliphatic rings. The van der Waals surface area contributed by atoms with Crippen LogP contribution in [0.2, 0.25) is 0 Å². The number of nitrogens with one attached hydrogen (secondary N) is 1. The van der Waals surface area contributed by atoms with E-state index in [1.54, 1.807) is 60.2 Å². The number of hydrogen-bond donors (Lipinski definition) is 2. The van der Waals surface area contributed by atoms with E-state index in [2.05, 4.69) is 15.3 Å². The molecule has 1 unspecified atom stereocenters. The third kappa shape index (κ3) is 13.0. The number of ether oxygens (including phenoxy) is 4. The third-order valence-electron chi connectivity index (χ3n) is 9.63. The first-order valence-corrected chi connectivity index (χ1v) is 21.7. The number of hydrogen-bond acceptors (Lipinski definition) is 14. The number of carbonyl (C=O) groups is 3. The lowest BCUT2D eigenvalue weighted by Gasteiger charge is -2.27. The fraction of sp³-hybridized carbons (Fsp3) is 0.239. The minimum Gasteiger partial charge on any atom is -0.493 e. The molecule has 3 amide bonds. The van der Waals surface area contributed by atoms with Gasteiger partial charge in [0, 0.05) is 26.7 Å². The summed E-state index contributed by atoms with van der Waals surface area (Å²) in [5, 5.41) is 30.9. The van der Waals surface area contributed by atoms with Crippen molar-refractivity contribution in [2.75, 3.05) is 47.4 Å². The minimum atomic E-state index is -4.73. The molecule has 4 aromatic carbocycles. The number of amidine groups is 2. The number of halogens is 6. The van der Waals surface area contributed by atoms with E-state index in [1.807, 2.05) is 0 Å². The molecule has 1 atom stereocenters. The quantitative estimate of drug-likeness (QED) is 0.113. The van der Waals surface area contributed by atoms with Crippen molar-refractivity contribution in [2.45, 2.75) is 25.4 Å². The predicted octanol–water partition coefficient (Wildman–Crippen LogP) is 8.44. The minimum absolute atomic E-state index is 0.0199. The van der Waals surface area contributed by atoms with Crippen LogP contribution in [-0.4, -0.2) is 96.5 Å². The summed E-state index contributed by atoms with van der Waals surface area (Å²) in [6.45, 7) is 3.04. The summed E-state index contributed by atoms with van der Waals surface area (Å²) in [5.41, 5.74) is -1.39. The number of nitrogens with zero attached hydrogens (tertiary/aromatic N) is 6. The van der Waals surface area contributed by atoms with Crippen LogP contribution in [0.25, 0.3) is 12.2 Å². The van der Waals surface area contributed by atoms with E-state index in [0.717, 1.165) is 41.7 Å². The van der Waals surface area contributed by atoms with Gasteiger partial charge in [-0.3, -0.25) is 14.4 Å². The van der Waals surface area contributed by atoms with Gasteiger partial charge in [0.2, 0.25) is 5.91 Å². The molecule has 0 spiro atoms. The van der Waals surface area contributed by atoms with Crippen LogP contribution in [-0.2, 0) is 26.7 Å². The second kappa shape index (κ2) is 21.7. The highest BCUT2D eigenvalue weighted by molar-refractivity contribution is 8.18. The first kappa shape index (κ1) is 50.9. The number of nitriles is 2. The number of carbonyl (C=O) groups excluding carboxylic acids is 3. The van der Waals surface area contributed by atoms with Crippen LogP contribution in [0.5, 0.6) is 34.5 Å². The molecule has 0 aliphatic carbocycles. The standard InChI is InChI=1S/C23H17F3N4O4S.C23H20F3N3O4S/c1-33-18-9-13(10-19-21(32)29-22(35-19)30-7-6-28-20(31)12-30)2-5-17(18)34-16-4-3-14(11-27)8-15(16)23(24,25)26;1-13(30)12-29(2)22-28-21(31)20(34-22)10-14-4-7-18(19(9-14)32-3)33-17-6-5-15(11-27)8-16(17)23(24,25)26/h2-5,8-10H,6-7,12H2,1H3,(H,28,31);4-10,13,30H,12H2,1-3H3/b19-10-;20-10-. The Labute approximate surface area is 398 Å². The molecule has 23 heteroatoms. The molecule has 1 fully saturated rings. The zero-order valence-corrected chi connectivity index (χ0v) is 38.2. The lowest BCUT2D eigenvalue weighted by molar-refractivity contribution is -0.139. The SMILES string of the molecule is COc1cc(/C=C2\SC(N(C)CC(C)O)=NC2=O)ccc1Oc1ccc(C#N)cc1C(F)(F)F.COc1cc(/C=C2\SC(N3CCNC(=O)C3)=NC2=O)ccc1Oc1ccc(C#N)cc1C(F)(F)F. The fourth-order valence-corrected chi connectivity index (χ4v) is 8.27. The van der Waals surface area contributed by atoms with Crippen molar-refractivity contribution in [3.05, 3.63) is 116 Å². The summed E-state index contributed by atoms with van der Waals surface area (Å²) in [6, 6.07) is 18.4. The Morgan fingerprint density at radius 2 is 1.23 bits per heavy atom. The Hall–Kier alpha value is -7.47. The first-order chi connectivity index (χ1) is 32.7. The van der Waals surface area contributed by atoms with E-state index in [-0.39, 0.29) is 46.6 Å². The number of aliphatic hydroxyl groups excluding tert-OH is 1. The molecule has 0 radical (unpaired) electrons. The van der Waals surface area contributed by atoms with Crippen LogP contribution in [0.1, 0.15) is 40.3 Å². The third-order valence-corrected chi connectivity index (χ3v) is 11.8. The van der Waals surface area contributed by atoms with Crippen molar-refractivity contribution in [2.24, 2.45) is 9.98 Å². The summed E-state index contributed by atoms with van der Waals surface area (Å²) >= 11 is 2.28. The summed E-state index contributed by atoms with van der Waals surface area (Å²) in [7, 11) is 4.38. The van der Waals surface area contributed by atoms with Gasteiger partial charge in [-0.25, -0.2) is 0 Å². The normalized spacial score (nSPS) is 16.4. The number of likely N-dealkylation sites (N-methyl/N-ethyl adjacent to an activating group) is 1. The number of rotatable bonds is 10. The molecule has 2 N–H and O–H groups in total. The lowest BCUT2D eigenvalue weighted by Crippen LogP contribution is -2.49. The Kier molecular flexibility index (Phi) is 16.0. The molecule has 15 nitrogen and oxygen atoms in total. The van der Waals surface area contributed by atoms with Crippen LogP contribution in [0.15, 0.2) is 92.6 Å². The second-order valence-electron chi connectivity index (χ2n) is 14.8. The number of alkyl halides is 6. The lowest BCUT2D eigenvalue weighted by atomic mass is 10.1. The maximum atomic E-state index is 13.5. The highest BCUT2D eigenvalue weighted by Gasteiger charge is 2.37. The smallest absolute Gasteiger partial charge is 0.420 e. The molecule has 358 valence electrons. The first-order valence-electron chi connectivity index (χ1n) is 20.1. The Balaban J connectivity index is 0.000000227. The number of methoxy groups -OCH3 is 2. The molecular weight excluding hydrogens is 957 g/mol. The molecule has 69 heavy (non-hydrogen) atoms. The van der Waals surface area contributed by atoms with E-state index in [1.165, 1.54) is 50.6 Å². The van der Waals surface area contributed by atoms with E-state index >= 15 is 0 Å². The summed E-state index contributed by atoms with van der Waals surface area (Å²) in [5.74, 6) is -1.67. The average Bonchev–Trinajstić information content (AvgIpc) is 3.87. The van der Waals surface area contributed by atoms with Gasteiger partial charge >= 0.3 is 12.4 Å². The largest absolute Gasteiger partial charge is 0.493 e. The molecule has 0 saturated carbocycles. The number of piperazine rings is 1. The van der Waals surface area contributed by atoms with Gasteiger partial charge in [-0.2, -0.15) is 46.9 Å². The van der Waals surface area contributed by atoms with Gasteiger partial charge in [0.1, 0.15) is 11.5 Å². The zero-order chi connectivity index (χ0) is 50.2. The van der Waals surface area contributed by atoms with Crippen LogP contribution in [0, 0.1) is 22.7 Å². The van der Waals surface area contributed by atoms with Gasteiger partial charge in [-0.05, 0) is 114 Å². The van der Waals surface area contributed by atoms with Crippen LogP contribution in [0.3, 0.4) is 0 Å². The van der Waals surface area contributed by atoms with Crippen molar-refractivity contribution in [3.63, 3.8) is 0 Å². The van der Waals surface area contributed by atoms with Gasteiger partial charge in [-0.15, -0.1) is 0 Å². The van der Waals surface area contributed by atoms with E-state index in [4.69, 9.17) is 29.5 Å². The van der Waals surface area contributed by atoms with Crippen molar-refractivity contribution in [1.82, 2.24) is 15.1 Å². The monoisotopic (exact) mass is 993 g/mol. The van der Waals surface area contributed by atoms with Crippen LogP contribution in [0.4, 0.5) is 26.3 Å². The van der Waals surface area contributed by atoms with Crippen molar-refractivity contribution >= 4 is 63.7 Å². The highest BCUT2D eigenvalue weighted by Crippen LogP contribution is 2.43. The Bertz CT molecular complexity index is 2890. The molecule has 0 aromatic heterocycles. The molecule has 3 heterocycles. The summed E-state index contributed by atoms with van der Waals surface area (Å²) < 4.78 is 102. The van der Waals surface area contributed by atoms with Gasteiger partial charge in [-0.1, -0.05) is 12.1 Å². The molecular formula is C46H37F6N7O8S2. The van der Waals surface area contributed by atoms with Gasteiger partial charge < -0.3 is 39.2 Å². The van der Waals surface area contributed by atoms with E-state index in [0.29, 0.717) is 57.0 Å². The topological polar surface area (TPSA) is 199 Å². The molecule has 3 aliphatic heterocycles. The Morgan fingerprint density at radius 1 is 0.754 bits per heavy atom. The van der Waals surface area contributed by atoms with Crippen LogP contribution < -0.4 is 24.3 Å². The van der Waals surface area contributed by atoms with Crippen molar-refractivity contribution < 1.29 is 64.8 Å². The number of benzene rings is 4. The summed E-state index contributed by atoms with van der Waals surface area (Å²) in [4.78, 5) is 48.3. The number of aliphatic hydroxyl groups is 1. The average molecular weight is 994 g/mol. The van der Waals surface area contributed by atoms with E-state index < -0.39 is 52.9 Å². The molecule has 7 rings (SSSR count). The van der Waals surface area contributed by atoms with Crippen molar-refractivity contribution in [1.29, 1.82) is 10.5 Å². The maximum absolute atomic E-state index is 13.5. The van der Waals surface area contributed by atoms with Gasteiger partial charge in [0.25, 0.3) is 11.8 Å². The number of amides is 3. The fourth-order valence-electron chi connectivity index (χ4n) is 6.45. The molecule has 4 aromatic rings.